The Morgan fingerprint density at radius 2 is 2.10 bits per heavy atom. The molecule has 0 unspecified atom stereocenters. The largest absolute Gasteiger partial charge is 0.443 e. The van der Waals surface area contributed by atoms with Crippen LogP contribution >= 0.6 is 22.9 Å². The van der Waals surface area contributed by atoms with Gasteiger partial charge in [-0.3, -0.25) is 0 Å². The summed E-state index contributed by atoms with van der Waals surface area (Å²) in [6, 6.07) is 9.93. The lowest BCUT2D eigenvalue weighted by Gasteiger charge is -2.32. The van der Waals surface area contributed by atoms with Crippen LogP contribution in [0.5, 0.6) is 0 Å². The van der Waals surface area contributed by atoms with Gasteiger partial charge in [0.15, 0.2) is 0 Å². The Bertz CT molecular complexity index is 1000. The smallest absolute Gasteiger partial charge is 0.407 e. The molecule has 1 aromatic carbocycles. The summed E-state index contributed by atoms with van der Waals surface area (Å²) in [7, 11) is 0. The molecule has 0 radical (unpaired) electrons. The van der Waals surface area contributed by atoms with Gasteiger partial charge in [-0.1, -0.05) is 11.6 Å². The number of amides is 1. The van der Waals surface area contributed by atoms with Crippen LogP contribution in [0.25, 0.3) is 10.9 Å². The minimum absolute atomic E-state index is 0.214. The number of carbonyl (C=O) groups excluding carboxylic acids is 1. The van der Waals surface area contributed by atoms with Crippen LogP contribution in [0.1, 0.15) is 36.4 Å². The number of benzene rings is 1. The van der Waals surface area contributed by atoms with E-state index >= 15 is 0 Å². The van der Waals surface area contributed by atoms with Gasteiger partial charge in [0.1, 0.15) is 12.4 Å². The summed E-state index contributed by atoms with van der Waals surface area (Å²) < 4.78 is 5.16. The minimum Gasteiger partial charge on any atom is -0.443 e. The molecule has 2 aromatic heterocycles. The molecule has 0 atom stereocenters. The molecule has 1 saturated heterocycles. The van der Waals surface area contributed by atoms with Crippen molar-refractivity contribution in [1.29, 1.82) is 0 Å². The second-order valence-electron chi connectivity index (χ2n) is 7.05. The van der Waals surface area contributed by atoms with E-state index in [1.807, 2.05) is 30.5 Å². The maximum atomic E-state index is 11.4. The summed E-state index contributed by atoms with van der Waals surface area (Å²) in [4.78, 5) is 23.2. The Balaban J connectivity index is 1.35. The highest BCUT2D eigenvalue weighted by molar-refractivity contribution is 7.09. The summed E-state index contributed by atoms with van der Waals surface area (Å²) in [6.07, 6.45) is 1.66. The van der Waals surface area contributed by atoms with E-state index in [1.54, 1.807) is 11.3 Å². The van der Waals surface area contributed by atoms with Gasteiger partial charge in [-0.2, -0.15) is 0 Å². The number of thiazole rings is 1. The highest BCUT2D eigenvalue weighted by Gasteiger charge is 2.24. The fraction of sp³-hybridized carbons (Fsp3) is 0.381. The number of nitrogens with zero attached hydrogens (tertiary/aromatic N) is 3. The average Bonchev–Trinajstić information content (AvgIpc) is 3.21. The second kappa shape index (κ2) is 8.97. The van der Waals surface area contributed by atoms with Crippen molar-refractivity contribution in [3.05, 3.63) is 51.4 Å². The number of fused-ring (bicyclic) bond motifs is 1. The van der Waals surface area contributed by atoms with Crippen LogP contribution in [-0.4, -0.2) is 35.7 Å². The van der Waals surface area contributed by atoms with Gasteiger partial charge < -0.3 is 15.0 Å². The monoisotopic (exact) mass is 430 g/mol. The minimum atomic E-state index is -0.402. The third-order valence-electron chi connectivity index (χ3n) is 5.05. The first-order valence-corrected chi connectivity index (χ1v) is 11.0. The van der Waals surface area contributed by atoms with Crippen LogP contribution in [0, 0.1) is 0 Å². The Hall–Kier alpha value is -2.38. The first-order chi connectivity index (χ1) is 14.1. The van der Waals surface area contributed by atoms with Crippen molar-refractivity contribution >= 4 is 45.8 Å². The Morgan fingerprint density at radius 1 is 1.28 bits per heavy atom. The third kappa shape index (κ3) is 4.79. The number of piperidine rings is 1. The predicted molar refractivity (Wildman–Crippen MR) is 117 cm³/mol. The molecule has 4 rings (SSSR count). The number of pyridine rings is 1. The number of anilines is 1. The standard InChI is InChI=1S/C21H23ClN4O2S/c1-2-23-21(27)28-12-17-13-29-20(24-17)14-7-9-26(10-8-14)19-6-3-15-11-16(22)4-5-18(15)25-19/h3-6,11,13-14H,2,7-10,12H2,1H3,(H,23,27). The molecule has 0 aliphatic carbocycles. The number of halogens is 1. The normalized spacial score (nSPS) is 14.9. The Morgan fingerprint density at radius 3 is 2.90 bits per heavy atom. The first-order valence-electron chi connectivity index (χ1n) is 9.78. The molecule has 29 heavy (non-hydrogen) atoms. The highest BCUT2D eigenvalue weighted by atomic mass is 35.5. The number of alkyl carbamates (subject to hydrolysis) is 1. The van der Waals surface area contributed by atoms with Gasteiger partial charge in [-0.05, 0) is 50.1 Å². The van der Waals surface area contributed by atoms with Gasteiger partial charge in [0, 0.05) is 41.3 Å². The molecule has 0 bridgehead atoms. The third-order valence-corrected chi connectivity index (χ3v) is 6.34. The van der Waals surface area contributed by atoms with E-state index in [4.69, 9.17) is 21.3 Å². The lowest BCUT2D eigenvalue weighted by molar-refractivity contribution is 0.139. The van der Waals surface area contributed by atoms with Gasteiger partial charge >= 0.3 is 6.09 Å². The van der Waals surface area contributed by atoms with E-state index in [0.29, 0.717) is 12.5 Å². The van der Waals surface area contributed by atoms with Crippen molar-refractivity contribution in [3.63, 3.8) is 0 Å². The van der Waals surface area contributed by atoms with Crippen LogP contribution in [0.2, 0.25) is 5.02 Å². The van der Waals surface area contributed by atoms with Crippen LogP contribution < -0.4 is 10.2 Å². The van der Waals surface area contributed by atoms with Gasteiger partial charge in [-0.15, -0.1) is 11.3 Å². The van der Waals surface area contributed by atoms with Gasteiger partial charge in [0.2, 0.25) is 0 Å². The second-order valence-corrected chi connectivity index (χ2v) is 8.38. The molecule has 1 N–H and O–H groups in total. The van der Waals surface area contributed by atoms with Gasteiger partial charge in [0.05, 0.1) is 16.2 Å². The number of hydrogen-bond donors (Lipinski definition) is 1. The molecule has 3 aromatic rings. The molecule has 1 aliphatic heterocycles. The van der Waals surface area contributed by atoms with E-state index in [2.05, 4.69) is 27.3 Å². The highest BCUT2D eigenvalue weighted by Crippen LogP contribution is 2.32. The SMILES string of the molecule is CCNC(=O)OCc1csc(C2CCN(c3ccc4cc(Cl)ccc4n3)CC2)n1. The van der Waals surface area contributed by atoms with Crippen LogP contribution in [-0.2, 0) is 11.3 Å². The molecule has 0 spiro atoms. The van der Waals surface area contributed by atoms with Gasteiger partial charge in [0.25, 0.3) is 0 Å². The molecule has 0 saturated carbocycles. The molecular formula is C21H23ClN4O2S. The molecular weight excluding hydrogens is 408 g/mol. The predicted octanol–water partition coefficient (Wildman–Crippen LogP) is 4.97. The summed E-state index contributed by atoms with van der Waals surface area (Å²) in [5.41, 5.74) is 1.78. The molecule has 1 fully saturated rings. The van der Waals surface area contributed by atoms with E-state index in [9.17, 15) is 4.79 Å². The van der Waals surface area contributed by atoms with Crippen LogP contribution in [0.15, 0.2) is 35.7 Å². The topological polar surface area (TPSA) is 67.3 Å². The number of ether oxygens (including phenoxy) is 1. The molecule has 6 nitrogen and oxygen atoms in total. The summed E-state index contributed by atoms with van der Waals surface area (Å²) in [5, 5.41) is 7.51. The summed E-state index contributed by atoms with van der Waals surface area (Å²) >= 11 is 7.71. The summed E-state index contributed by atoms with van der Waals surface area (Å²) in [5.74, 6) is 1.45. The number of hydrogen-bond acceptors (Lipinski definition) is 6. The van der Waals surface area contributed by atoms with Crippen molar-refractivity contribution in [3.8, 4) is 0 Å². The maximum absolute atomic E-state index is 11.4. The lowest BCUT2D eigenvalue weighted by Crippen LogP contribution is -2.33. The fourth-order valence-corrected chi connectivity index (χ4v) is 4.68. The average molecular weight is 431 g/mol. The Labute approximate surface area is 178 Å². The van der Waals surface area contributed by atoms with Gasteiger partial charge in [-0.25, -0.2) is 14.8 Å². The van der Waals surface area contributed by atoms with Crippen molar-refractivity contribution < 1.29 is 9.53 Å². The molecule has 1 amide bonds. The first kappa shape index (κ1) is 19.9. The fourth-order valence-electron chi connectivity index (χ4n) is 3.53. The molecule has 1 aliphatic rings. The van der Waals surface area contributed by atoms with E-state index < -0.39 is 6.09 Å². The van der Waals surface area contributed by atoms with Crippen molar-refractivity contribution in [2.45, 2.75) is 32.3 Å². The number of carbonyl (C=O) groups is 1. The van der Waals surface area contributed by atoms with Crippen molar-refractivity contribution in [2.24, 2.45) is 0 Å². The zero-order chi connectivity index (χ0) is 20.2. The number of aromatic nitrogens is 2. The maximum Gasteiger partial charge on any atom is 0.407 e. The van der Waals surface area contributed by atoms with Crippen molar-refractivity contribution in [1.82, 2.24) is 15.3 Å². The Kier molecular flexibility index (Phi) is 6.16. The zero-order valence-electron chi connectivity index (χ0n) is 16.2. The van der Waals surface area contributed by atoms with E-state index in [1.165, 1.54) is 0 Å². The zero-order valence-corrected chi connectivity index (χ0v) is 17.8. The molecule has 152 valence electrons. The number of rotatable bonds is 5. The molecule has 8 heteroatoms. The summed E-state index contributed by atoms with van der Waals surface area (Å²) in [6.45, 7) is 4.52. The van der Waals surface area contributed by atoms with Crippen molar-refractivity contribution in [2.75, 3.05) is 24.5 Å². The van der Waals surface area contributed by atoms with E-state index in [-0.39, 0.29) is 6.61 Å². The van der Waals surface area contributed by atoms with Crippen LogP contribution in [0.3, 0.4) is 0 Å². The molecule has 3 heterocycles. The van der Waals surface area contributed by atoms with E-state index in [0.717, 1.165) is 58.4 Å². The number of nitrogens with one attached hydrogen (secondary N) is 1. The van der Waals surface area contributed by atoms with Crippen LogP contribution in [0.4, 0.5) is 10.6 Å². The lowest BCUT2D eigenvalue weighted by atomic mass is 9.97. The quantitative estimate of drug-likeness (QED) is 0.618.